The summed E-state index contributed by atoms with van der Waals surface area (Å²) in [5.41, 5.74) is 0.480. The van der Waals surface area contributed by atoms with Gasteiger partial charge in [0.1, 0.15) is 0 Å². The van der Waals surface area contributed by atoms with Crippen LogP contribution in [0.2, 0.25) is 0 Å². The van der Waals surface area contributed by atoms with Gasteiger partial charge < -0.3 is 15.3 Å². The molecule has 0 aromatic heterocycles. The van der Waals surface area contributed by atoms with Crippen molar-refractivity contribution < 1.29 is 20.1 Å². The monoisotopic (exact) mass is 420 g/mol. The summed E-state index contributed by atoms with van der Waals surface area (Å²) in [6, 6.07) is 0. The van der Waals surface area contributed by atoms with Crippen LogP contribution in [0.3, 0.4) is 0 Å². The van der Waals surface area contributed by atoms with Crippen molar-refractivity contribution in [2.45, 2.75) is 104 Å². The lowest BCUT2D eigenvalue weighted by molar-refractivity contribution is -0.203. The lowest BCUT2D eigenvalue weighted by Gasteiger charge is -2.64. The maximum Gasteiger partial charge on any atom is 0.303 e. The van der Waals surface area contributed by atoms with Crippen molar-refractivity contribution in [3.63, 3.8) is 0 Å². The zero-order valence-corrected chi connectivity index (χ0v) is 19.5. The van der Waals surface area contributed by atoms with Gasteiger partial charge in [0.2, 0.25) is 0 Å². The molecule has 4 aliphatic carbocycles. The number of fused-ring (bicyclic) bond motifs is 5. The highest BCUT2D eigenvalue weighted by molar-refractivity contribution is 5.66. The molecule has 0 unspecified atom stereocenters. The summed E-state index contributed by atoms with van der Waals surface area (Å²) in [7, 11) is 0. The van der Waals surface area contributed by atoms with Crippen LogP contribution in [-0.4, -0.2) is 33.5 Å². The van der Waals surface area contributed by atoms with E-state index in [9.17, 15) is 15.0 Å². The SMILES string of the molecule is CC[C@@H]1[C@H](O)[C@H]2[C@@H](CC[C@]3(C)[C@@H]2CC[C@H]3[C@@H](C)CCC(=O)O)[C@]2(C)CC[C@H](O)C[C@H]12. The maximum absolute atomic E-state index is 11.7. The molecule has 4 rings (SSSR count). The van der Waals surface area contributed by atoms with Crippen molar-refractivity contribution in [1.82, 2.24) is 0 Å². The minimum absolute atomic E-state index is 0.194. The second kappa shape index (κ2) is 8.06. The average Bonchev–Trinajstić information content (AvgIpc) is 3.05. The Morgan fingerprint density at radius 3 is 2.33 bits per heavy atom. The van der Waals surface area contributed by atoms with Gasteiger partial charge in [0.25, 0.3) is 0 Å². The second-order valence-corrected chi connectivity index (χ2v) is 12.0. The van der Waals surface area contributed by atoms with Crippen LogP contribution in [0.4, 0.5) is 0 Å². The Morgan fingerprint density at radius 2 is 1.67 bits per heavy atom. The molecule has 0 saturated heterocycles. The number of carboxylic acids is 1. The quantitative estimate of drug-likeness (QED) is 0.577. The average molecular weight is 421 g/mol. The van der Waals surface area contributed by atoms with Gasteiger partial charge in [-0.1, -0.05) is 34.1 Å². The molecule has 0 heterocycles. The molecule has 4 fully saturated rings. The smallest absolute Gasteiger partial charge is 0.303 e. The molecule has 0 bridgehead atoms. The highest BCUT2D eigenvalue weighted by atomic mass is 16.4. The Morgan fingerprint density at radius 1 is 1.00 bits per heavy atom. The Kier molecular flexibility index (Phi) is 6.07. The Bertz CT molecular complexity index is 649. The van der Waals surface area contributed by atoms with E-state index < -0.39 is 5.97 Å². The van der Waals surface area contributed by atoms with E-state index in [1.807, 2.05) is 0 Å². The fourth-order valence-corrected chi connectivity index (χ4v) is 9.48. The molecular weight excluding hydrogens is 376 g/mol. The summed E-state index contributed by atoms with van der Waals surface area (Å²) in [6.45, 7) is 9.44. The fraction of sp³-hybridized carbons (Fsp3) is 0.962. The summed E-state index contributed by atoms with van der Waals surface area (Å²) in [4.78, 5) is 11.1. The fourth-order valence-electron chi connectivity index (χ4n) is 9.48. The summed E-state index contributed by atoms with van der Waals surface area (Å²) in [5.74, 6) is 2.58. The first-order valence-corrected chi connectivity index (χ1v) is 12.7. The molecule has 0 aromatic carbocycles. The number of hydrogen-bond donors (Lipinski definition) is 3. The lowest BCUT2D eigenvalue weighted by atomic mass is 9.41. The van der Waals surface area contributed by atoms with E-state index >= 15 is 0 Å². The van der Waals surface area contributed by atoms with Gasteiger partial charge in [-0.15, -0.1) is 0 Å². The second-order valence-electron chi connectivity index (χ2n) is 12.0. The first-order valence-electron chi connectivity index (χ1n) is 12.7. The van der Waals surface area contributed by atoms with Crippen LogP contribution < -0.4 is 0 Å². The van der Waals surface area contributed by atoms with Crippen LogP contribution in [0.15, 0.2) is 0 Å². The molecule has 0 aromatic rings. The lowest BCUT2D eigenvalue weighted by Crippen LogP contribution is -2.62. The normalized spacial score (nSPS) is 51.5. The Labute approximate surface area is 182 Å². The predicted octanol–water partition coefficient (Wildman–Crippen LogP) is 5.11. The van der Waals surface area contributed by atoms with E-state index in [1.54, 1.807) is 0 Å². The molecule has 172 valence electrons. The molecule has 30 heavy (non-hydrogen) atoms. The van der Waals surface area contributed by atoms with Crippen LogP contribution in [0.1, 0.15) is 91.9 Å². The Hall–Kier alpha value is -0.610. The van der Waals surface area contributed by atoms with E-state index in [4.69, 9.17) is 5.11 Å². The third kappa shape index (κ3) is 3.36. The van der Waals surface area contributed by atoms with E-state index in [2.05, 4.69) is 27.7 Å². The largest absolute Gasteiger partial charge is 0.481 e. The number of aliphatic carboxylic acids is 1. The van der Waals surface area contributed by atoms with Gasteiger partial charge in [0.15, 0.2) is 0 Å². The molecule has 3 N–H and O–H groups in total. The minimum Gasteiger partial charge on any atom is -0.481 e. The molecule has 0 aliphatic heterocycles. The first kappa shape index (κ1) is 22.6. The van der Waals surface area contributed by atoms with Crippen molar-refractivity contribution in [3.8, 4) is 0 Å². The zero-order valence-electron chi connectivity index (χ0n) is 19.5. The van der Waals surface area contributed by atoms with Crippen LogP contribution in [-0.2, 0) is 4.79 Å². The van der Waals surface area contributed by atoms with Crippen molar-refractivity contribution in [1.29, 1.82) is 0 Å². The topological polar surface area (TPSA) is 77.8 Å². The van der Waals surface area contributed by atoms with Gasteiger partial charge in [0.05, 0.1) is 12.2 Å². The van der Waals surface area contributed by atoms with E-state index in [-0.39, 0.29) is 29.5 Å². The molecule has 4 saturated carbocycles. The summed E-state index contributed by atoms with van der Waals surface area (Å²) < 4.78 is 0. The van der Waals surface area contributed by atoms with E-state index in [1.165, 1.54) is 25.7 Å². The van der Waals surface area contributed by atoms with Crippen LogP contribution >= 0.6 is 0 Å². The molecule has 0 spiro atoms. The number of carbonyl (C=O) groups is 1. The van der Waals surface area contributed by atoms with Crippen LogP contribution in [0, 0.1) is 52.3 Å². The number of carboxylic acid groups (broad SMARTS) is 1. The summed E-state index contributed by atoms with van der Waals surface area (Å²) >= 11 is 0. The van der Waals surface area contributed by atoms with E-state index in [0.29, 0.717) is 41.4 Å². The third-order valence-corrected chi connectivity index (χ3v) is 11.0. The van der Waals surface area contributed by atoms with Gasteiger partial charge in [-0.3, -0.25) is 4.79 Å². The molecule has 0 amide bonds. The van der Waals surface area contributed by atoms with Gasteiger partial charge in [-0.2, -0.15) is 0 Å². The number of aliphatic hydroxyl groups is 2. The molecule has 0 radical (unpaired) electrons. The van der Waals surface area contributed by atoms with Gasteiger partial charge >= 0.3 is 5.97 Å². The number of aliphatic hydroxyl groups excluding tert-OH is 2. The predicted molar refractivity (Wildman–Crippen MR) is 118 cm³/mol. The number of rotatable bonds is 5. The Balaban J connectivity index is 1.61. The van der Waals surface area contributed by atoms with Gasteiger partial charge in [-0.05, 0) is 104 Å². The van der Waals surface area contributed by atoms with Crippen molar-refractivity contribution in [2.24, 2.45) is 52.3 Å². The molecular formula is C26H44O4. The summed E-state index contributed by atoms with van der Waals surface area (Å²) in [5, 5.41) is 31.3. The van der Waals surface area contributed by atoms with Crippen molar-refractivity contribution in [3.05, 3.63) is 0 Å². The highest BCUT2D eigenvalue weighted by Gasteiger charge is 2.64. The van der Waals surface area contributed by atoms with Crippen LogP contribution in [0.5, 0.6) is 0 Å². The molecule has 4 aliphatic rings. The van der Waals surface area contributed by atoms with Gasteiger partial charge in [0, 0.05) is 6.42 Å². The van der Waals surface area contributed by atoms with Gasteiger partial charge in [-0.25, -0.2) is 0 Å². The van der Waals surface area contributed by atoms with E-state index in [0.717, 1.165) is 32.1 Å². The zero-order chi connectivity index (χ0) is 21.8. The van der Waals surface area contributed by atoms with Crippen molar-refractivity contribution in [2.75, 3.05) is 0 Å². The first-order chi connectivity index (χ1) is 14.1. The third-order valence-electron chi connectivity index (χ3n) is 11.0. The minimum atomic E-state index is -0.683. The molecule has 4 heteroatoms. The standard InChI is InChI=1S/C26H44O4/c1-5-17-21-14-16(27)10-12-26(21,4)20-11-13-25(3)18(15(2)6-9-22(28)29)7-8-19(25)23(20)24(17)30/h15-21,23-24,27,30H,5-14H2,1-4H3,(H,28,29)/t15-,16-,17-,18-,19+,20+,21+,23+,24-,25-,26-/m0/s1. The summed E-state index contributed by atoms with van der Waals surface area (Å²) in [6.07, 6.45) is 9.27. The maximum atomic E-state index is 11.7. The highest BCUT2D eigenvalue weighted by Crippen LogP contribution is 2.69. The van der Waals surface area contributed by atoms with Crippen molar-refractivity contribution >= 4 is 5.97 Å². The number of hydrogen-bond acceptors (Lipinski definition) is 3. The molecule has 11 atom stereocenters. The van der Waals surface area contributed by atoms with Crippen LogP contribution in [0.25, 0.3) is 0 Å². The molecule has 4 nitrogen and oxygen atoms in total.